The smallest absolute Gasteiger partial charge is 0.271 e. The Bertz CT molecular complexity index is 516. The summed E-state index contributed by atoms with van der Waals surface area (Å²) < 4.78 is 1.60. The standard InChI is InChI=1S/C15H26N4O2/c1-4-19-13(12(16)11(3)18-19)14(20)17-9-15(21)7-5-10(2)6-8-15/h10,21H,4-9,16H2,1-3H3,(H,17,20). The number of nitrogen functional groups attached to an aromatic ring is 1. The van der Waals surface area contributed by atoms with E-state index in [9.17, 15) is 9.90 Å². The van der Waals surface area contributed by atoms with Crippen molar-refractivity contribution in [1.29, 1.82) is 0 Å². The second kappa shape index (κ2) is 6.05. The SMILES string of the molecule is CCn1nc(C)c(N)c1C(=O)NCC1(O)CCC(C)CC1. The van der Waals surface area contributed by atoms with E-state index < -0.39 is 5.60 Å². The minimum atomic E-state index is -0.789. The van der Waals surface area contributed by atoms with Gasteiger partial charge < -0.3 is 16.2 Å². The predicted molar refractivity (Wildman–Crippen MR) is 82.0 cm³/mol. The highest BCUT2D eigenvalue weighted by molar-refractivity contribution is 5.98. The number of amides is 1. The van der Waals surface area contributed by atoms with Crippen LogP contribution in [0.25, 0.3) is 0 Å². The molecule has 0 aromatic carbocycles. The Kier molecular flexibility index (Phi) is 4.56. The first-order valence-corrected chi connectivity index (χ1v) is 7.70. The van der Waals surface area contributed by atoms with Gasteiger partial charge in [-0.25, -0.2) is 0 Å². The van der Waals surface area contributed by atoms with Crippen LogP contribution in [0.1, 0.15) is 55.7 Å². The highest BCUT2D eigenvalue weighted by atomic mass is 16.3. The number of nitrogens with zero attached hydrogens (tertiary/aromatic N) is 2. The van der Waals surface area contributed by atoms with Crippen molar-refractivity contribution in [2.45, 2.75) is 58.6 Å². The molecule has 1 aromatic heterocycles. The van der Waals surface area contributed by atoms with Crippen molar-refractivity contribution >= 4 is 11.6 Å². The van der Waals surface area contributed by atoms with Gasteiger partial charge in [-0.05, 0) is 45.4 Å². The summed E-state index contributed by atoms with van der Waals surface area (Å²) >= 11 is 0. The van der Waals surface area contributed by atoms with Crippen LogP contribution in [0, 0.1) is 12.8 Å². The van der Waals surface area contributed by atoms with E-state index >= 15 is 0 Å². The van der Waals surface area contributed by atoms with Gasteiger partial charge in [0, 0.05) is 13.1 Å². The van der Waals surface area contributed by atoms with E-state index in [0.29, 0.717) is 29.5 Å². The Morgan fingerprint density at radius 2 is 2.14 bits per heavy atom. The summed E-state index contributed by atoms with van der Waals surface area (Å²) in [4.78, 5) is 12.3. The number of aliphatic hydroxyl groups is 1. The first kappa shape index (κ1) is 15.8. The number of aryl methyl sites for hydroxylation is 2. The van der Waals surface area contributed by atoms with Gasteiger partial charge in [-0.3, -0.25) is 9.48 Å². The summed E-state index contributed by atoms with van der Waals surface area (Å²) in [7, 11) is 0. The van der Waals surface area contributed by atoms with E-state index in [1.54, 1.807) is 11.6 Å². The number of aromatic nitrogens is 2. The summed E-state index contributed by atoms with van der Waals surface area (Å²) in [5, 5.41) is 17.6. The van der Waals surface area contributed by atoms with Crippen LogP contribution in [-0.2, 0) is 6.54 Å². The number of carbonyl (C=O) groups excluding carboxylic acids is 1. The number of hydrogen-bond donors (Lipinski definition) is 3. The van der Waals surface area contributed by atoms with E-state index in [4.69, 9.17) is 5.73 Å². The third kappa shape index (κ3) is 3.37. The summed E-state index contributed by atoms with van der Waals surface area (Å²) in [5.41, 5.74) is 6.61. The minimum absolute atomic E-state index is 0.262. The van der Waals surface area contributed by atoms with Crippen molar-refractivity contribution in [3.63, 3.8) is 0 Å². The Morgan fingerprint density at radius 1 is 1.52 bits per heavy atom. The number of nitrogens with two attached hydrogens (primary N) is 1. The maximum Gasteiger partial charge on any atom is 0.271 e. The van der Waals surface area contributed by atoms with Crippen molar-refractivity contribution in [1.82, 2.24) is 15.1 Å². The molecule has 1 aliphatic carbocycles. The average molecular weight is 294 g/mol. The molecule has 1 saturated carbocycles. The molecule has 1 aromatic rings. The van der Waals surface area contributed by atoms with Crippen LogP contribution in [0.4, 0.5) is 5.69 Å². The van der Waals surface area contributed by atoms with E-state index in [-0.39, 0.29) is 12.5 Å². The fraction of sp³-hybridized carbons (Fsp3) is 0.733. The topological polar surface area (TPSA) is 93.2 Å². The van der Waals surface area contributed by atoms with Gasteiger partial charge in [0.1, 0.15) is 5.69 Å². The molecule has 1 heterocycles. The molecule has 1 fully saturated rings. The van der Waals surface area contributed by atoms with Crippen LogP contribution in [-0.4, -0.2) is 32.9 Å². The molecule has 0 saturated heterocycles. The molecule has 118 valence electrons. The Hall–Kier alpha value is -1.56. The summed E-state index contributed by atoms with van der Waals surface area (Å²) in [6.45, 7) is 6.75. The van der Waals surface area contributed by atoms with Gasteiger partial charge in [-0.15, -0.1) is 0 Å². The lowest BCUT2D eigenvalue weighted by atomic mass is 9.79. The van der Waals surface area contributed by atoms with Crippen LogP contribution in [0.3, 0.4) is 0 Å². The molecule has 0 radical (unpaired) electrons. The Labute approximate surface area is 125 Å². The Balaban J connectivity index is 2.02. The van der Waals surface area contributed by atoms with Gasteiger partial charge in [0.25, 0.3) is 5.91 Å². The average Bonchev–Trinajstić information content (AvgIpc) is 2.75. The molecule has 2 rings (SSSR count). The van der Waals surface area contributed by atoms with Crippen LogP contribution in [0.5, 0.6) is 0 Å². The van der Waals surface area contributed by atoms with Gasteiger partial charge in [0.15, 0.2) is 0 Å². The third-order valence-corrected chi connectivity index (χ3v) is 4.47. The Morgan fingerprint density at radius 3 is 2.71 bits per heavy atom. The van der Waals surface area contributed by atoms with Crippen LogP contribution in [0.15, 0.2) is 0 Å². The minimum Gasteiger partial charge on any atom is -0.395 e. The maximum atomic E-state index is 12.3. The second-order valence-corrected chi connectivity index (χ2v) is 6.25. The molecular weight excluding hydrogens is 268 g/mol. The number of hydrogen-bond acceptors (Lipinski definition) is 4. The zero-order chi connectivity index (χ0) is 15.6. The van der Waals surface area contributed by atoms with Crippen molar-refractivity contribution in [2.75, 3.05) is 12.3 Å². The van der Waals surface area contributed by atoms with E-state index in [2.05, 4.69) is 17.3 Å². The monoisotopic (exact) mass is 294 g/mol. The van der Waals surface area contributed by atoms with Gasteiger partial charge in [0.05, 0.1) is 17.0 Å². The third-order valence-electron chi connectivity index (χ3n) is 4.47. The molecule has 4 N–H and O–H groups in total. The summed E-state index contributed by atoms with van der Waals surface area (Å²) in [6.07, 6.45) is 3.47. The van der Waals surface area contributed by atoms with Crippen LogP contribution in [0.2, 0.25) is 0 Å². The van der Waals surface area contributed by atoms with Crippen molar-refractivity contribution in [3.05, 3.63) is 11.4 Å². The predicted octanol–water partition coefficient (Wildman–Crippen LogP) is 1.46. The molecule has 6 nitrogen and oxygen atoms in total. The van der Waals surface area contributed by atoms with E-state index in [1.807, 2.05) is 6.92 Å². The van der Waals surface area contributed by atoms with Crippen LogP contribution < -0.4 is 11.1 Å². The zero-order valence-corrected chi connectivity index (χ0v) is 13.1. The largest absolute Gasteiger partial charge is 0.395 e. The maximum absolute atomic E-state index is 12.3. The second-order valence-electron chi connectivity index (χ2n) is 6.25. The van der Waals surface area contributed by atoms with Gasteiger partial charge in [-0.2, -0.15) is 5.10 Å². The van der Waals surface area contributed by atoms with Gasteiger partial charge in [0.2, 0.25) is 0 Å². The van der Waals surface area contributed by atoms with Crippen LogP contribution >= 0.6 is 0 Å². The number of nitrogens with one attached hydrogen (secondary N) is 1. The quantitative estimate of drug-likeness (QED) is 0.784. The van der Waals surface area contributed by atoms with Crippen molar-refractivity contribution < 1.29 is 9.90 Å². The van der Waals surface area contributed by atoms with E-state index in [1.165, 1.54) is 0 Å². The van der Waals surface area contributed by atoms with E-state index in [0.717, 1.165) is 25.7 Å². The lowest BCUT2D eigenvalue weighted by Crippen LogP contribution is -2.45. The van der Waals surface area contributed by atoms with Crippen molar-refractivity contribution in [2.24, 2.45) is 5.92 Å². The zero-order valence-electron chi connectivity index (χ0n) is 13.1. The lowest BCUT2D eigenvalue weighted by molar-refractivity contribution is -0.00547. The highest BCUT2D eigenvalue weighted by Gasteiger charge is 2.32. The molecule has 1 amide bonds. The lowest BCUT2D eigenvalue weighted by Gasteiger charge is -2.34. The molecule has 0 atom stereocenters. The van der Waals surface area contributed by atoms with Gasteiger partial charge in [-0.1, -0.05) is 6.92 Å². The summed E-state index contributed by atoms with van der Waals surface area (Å²) in [5.74, 6) is 0.391. The number of rotatable bonds is 4. The molecule has 6 heteroatoms. The molecule has 0 bridgehead atoms. The van der Waals surface area contributed by atoms with Gasteiger partial charge >= 0.3 is 0 Å². The molecule has 0 unspecified atom stereocenters. The van der Waals surface area contributed by atoms with Crippen molar-refractivity contribution in [3.8, 4) is 0 Å². The fourth-order valence-corrected chi connectivity index (χ4v) is 2.87. The number of carbonyl (C=O) groups is 1. The molecule has 21 heavy (non-hydrogen) atoms. The number of anilines is 1. The molecule has 0 spiro atoms. The molecule has 1 aliphatic rings. The molecular formula is C15H26N4O2. The molecule has 0 aliphatic heterocycles. The fourth-order valence-electron chi connectivity index (χ4n) is 2.87. The first-order valence-electron chi connectivity index (χ1n) is 7.70. The summed E-state index contributed by atoms with van der Waals surface area (Å²) in [6, 6.07) is 0. The highest BCUT2D eigenvalue weighted by Crippen LogP contribution is 2.31. The normalized spacial score (nSPS) is 25.8. The first-order chi connectivity index (χ1) is 9.86.